The second-order valence-corrected chi connectivity index (χ2v) is 7.16. The van der Waals surface area contributed by atoms with Gasteiger partial charge in [0.05, 0.1) is 5.69 Å². The number of rotatable bonds is 5. The maximum Gasteiger partial charge on any atom is 0.0508 e. The zero-order valence-corrected chi connectivity index (χ0v) is 15.4. The zero-order valence-electron chi connectivity index (χ0n) is 12.2. The molecule has 0 radical (unpaired) electrons. The average molecular weight is 422 g/mol. The SMILES string of the molecule is NCCCCc1c(-c2ccccc2Br)[nH]c2ccc(Br)cc12. The predicted molar refractivity (Wildman–Crippen MR) is 101 cm³/mol. The lowest BCUT2D eigenvalue weighted by Gasteiger charge is -2.07. The number of benzene rings is 2. The first-order valence-electron chi connectivity index (χ1n) is 7.46. The molecule has 3 rings (SSSR count). The summed E-state index contributed by atoms with van der Waals surface area (Å²) >= 11 is 7.26. The third-order valence-electron chi connectivity index (χ3n) is 3.89. The molecule has 1 aromatic heterocycles. The van der Waals surface area contributed by atoms with Crippen molar-refractivity contribution in [3.8, 4) is 11.3 Å². The van der Waals surface area contributed by atoms with Crippen LogP contribution in [0.3, 0.4) is 0 Å². The summed E-state index contributed by atoms with van der Waals surface area (Å²) in [4.78, 5) is 3.59. The molecule has 0 saturated carbocycles. The Kier molecular flexibility index (Phi) is 5.01. The molecule has 0 amide bonds. The summed E-state index contributed by atoms with van der Waals surface area (Å²) in [5.74, 6) is 0. The maximum absolute atomic E-state index is 5.66. The molecule has 1 heterocycles. The molecule has 0 unspecified atom stereocenters. The second kappa shape index (κ2) is 6.99. The lowest BCUT2D eigenvalue weighted by atomic mass is 10.0. The van der Waals surface area contributed by atoms with E-state index in [-0.39, 0.29) is 0 Å². The maximum atomic E-state index is 5.66. The quantitative estimate of drug-likeness (QED) is 0.514. The smallest absolute Gasteiger partial charge is 0.0508 e. The van der Waals surface area contributed by atoms with Crippen LogP contribution in [0, 0.1) is 0 Å². The van der Waals surface area contributed by atoms with Gasteiger partial charge in [0.2, 0.25) is 0 Å². The van der Waals surface area contributed by atoms with Crippen LogP contribution in [-0.2, 0) is 6.42 Å². The summed E-state index contributed by atoms with van der Waals surface area (Å²) in [5, 5.41) is 1.29. The summed E-state index contributed by atoms with van der Waals surface area (Å²) in [6.45, 7) is 0.746. The number of fused-ring (bicyclic) bond motifs is 1. The Morgan fingerprint density at radius 1 is 1.00 bits per heavy atom. The number of aromatic amines is 1. The fraction of sp³-hybridized carbons (Fsp3) is 0.222. The van der Waals surface area contributed by atoms with Crippen molar-refractivity contribution >= 4 is 42.8 Å². The van der Waals surface area contributed by atoms with Gasteiger partial charge in [-0.15, -0.1) is 0 Å². The van der Waals surface area contributed by atoms with Crippen molar-refractivity contribution in [2.45, 2.75) is 19.3 Å². The van der Waals surface area contributed by atoms with Gasteiger partial charge in [-0.2, -0.15) is 0 Å². The largest absolute Gasteiger partial charge is 0.354 e. The molecular weight excluding hydrogens is 404 g/mol. The van der Waals surface area contributed by atoms with Crippen LogP contribution in [0.5, 0.6) is 0 Å². The summed E-state index contributed by atoms with van der Waals surface area (Å²) in [7, 11) is 0. The number of nitrogens with one attached hydrogen (secondary N) is 1. The van der Waals surface area contributed by atoms with Gasteiger partial charge in [0, 0.05) is 25.4 Å². The molecule has 22 heavy (non-hydrogen) atoms. The first-order valence-corrected chi connectivity index (χ1v) is 9.04. The Morgan fingerprint density at radius 2 is 1.82 bits per heavy atom. The minimum Gasteiger partial charge on any atom is -0.354 e. The number of nitrogens with two attached hydrogens (primary N) is 1. The normalized spacial score (nSPS) is 11.2. The minimum absolute atomic E-state index is 0.746. The molecule has 0 spiro atoms. The number of unbranched alkanes of at least 4 members (excludes halogenated alkanes) is 1. The molecule has 0 aliphatic heterocycles. The van der Waals surface area contributed by atoms with E-state index in [1.165, 1.54) is 27.7 Å². The molecule has 2 nitrogen and oxygen atoms in total. The van der Waals surface area contributed by atoms with Crippen LogP contribution in [0.15, 0.2) is 51.4 Å². The number of hydrogen-bond acceptors (Lipinski definition) is 1. The van der Waals surface area contributed by atoms with E-state index in [4.69, 9.17) is 5.73 Å². The molecule has 0 atom stereocenters. The van der Waals surface area contributed by atoms with Crippen LogP contribution in [0.4, 0.5) is 0 Å². The van der Waals surface area contributed by atoms with Crippen molar-refractivity contribution in [1.29, 1.82) is 0 Å². The van der Waals surface area contributed by atoms with Gasteiger partial charge in [-0.05, 0) is 55.6 Å². The standard InChI is InChI=1S/C18H18Br2N2/c19-12-8-9-17-15(11-12)13(5-3-4-10-21)18(22-17)14-6-1-2-7-16(14)20/h1-2,6-9,11,22H,3-5,10,21H2. The molecule has 2 aromatic carbocycles. The minimum atomic E-state index is 0.746. The van der Waals surface area contributed by atoms with E-state index in [2.05, 4.69) is 73.2 Å². The molecule has 3 aromatic rings. The summed E-state index contributed by atoms with van der Waals surface area (Å²) in [6, 6.07) is 14.8. The van der Waals surface area contributed by atoms with E-state index in [1.54, 1.807) is 0 Å². The van der Waals surface area contributed by atoms with Gasteiger partial charge >= 0.3 is 0 Å². The van der Waals surface area contributed by atoms with Gasteiger partial charge < -0.3 is 10.7 Å². The topological polar surface area (TPSA) is 41.8 Å². The molecule has 114 valence electrons. The molecule has 0 saturated heterocycles. The van der Waals surface area contributed by atoms with E-state index in [9.17, 15) is 0 Å². The Balaban J connectivity index is 2.15. The first-order chi connectivity index (χ1) is 10.7. The molecule has 3 N–H and O–H groups in total. The van der Waals surface area contributed by atoms with E-state index < -0.39 is 0 Å². The average Bonchev–Trinajstić information content (AvgIpc) is 2.86. The van der Waals surface area contributed by atoms with Crippen LogP contribution in [0.2, 0.25) is 0 Å². The summed E-state index contributed by atoms with van der Waals surface area (Å²) in [6.07, 6.45) is 3.19. The van der Waals surface area contributed by atoms with E-state index in [0.717, 1.165) is 34.8 Å². The van der Waals surface area contributed by atoms with Gasteiger partial charge in [0.1, 0.15) is 0 Å². The lowest BCUT2D eigenvalue weighted by Crippen LogP contribution is -1.99. The third-order valence-corrected chi connectivity index (χ3v) is 5.08. The van der Waals surface area contributed by atoms with Crippen molar-refractivity contribution in [2.24, 2.45) is 5.73 Å². The fourth-order valence-corrected chi connectivity index (χ4v) is 3.66. The van der Waals surface area contributed by atoms with Gasteiger partial charge in [0.25, 0.3) is 0 Å². The Bertz CT molecular complexity index is 793. The second-order valence-electron chi connectivity index (χ2n) is 5.39. The highest BCUT2D eigenvalue weighted by Gasteiger charge is 2.15. The van der Waals surface area contributed by atoms with E-state index in [0.29, 0.717) is 0 Å². The number of aromatic nitrogens is 1. The predicted octanol–water partition coefficient (Wildman–Crippen LogP) is 5.64. The molecular formula is C18H18Br2N2. The van der Waals surface area contributed by atoms with Crippen LogP contribution < -0.4 is 5.73 Å². The van der Waals surface area contributed by atoms with Crippen molar-refractivity contribution in [3.05, 3.63) is 57.0 Å². The Morgan fingerprint density at radius 3 is 2.59 bits per heavy atom. The van der Waals surface area contributed by atoms with Crippen LogP contribution in [-0.4, -0.2) is 11.5 Å². The van der Waals surface area contributed by atoms with Gasteiger partial charge in [-0.25, -0.2) is 0 Å². The summed E-state index contributed by atoms with van der Waals surface area (Å²) in [5.41, 5.74) is 10.6. The summed E-state index contributed by atoms with van der Waals surface area (Å²) < 4.78 is 2.22. The molecule has 0 fully saturated rings. The Hall–Kier alpha value is -1.10. The fourth-order valence-electron chi connectivity index (χ4n) is 2.82. The highest BCUT2D eigenvalue weighted by molar-refractivity contribution is 9.10. The first kappa shape index (κ1) is 15.8. The van der Waals surface area contributed by atoms with Crippen LogP contribution >= 0.6 is 31.9 Å². The van der Waals surface area contributed by atoms with Crippen molar-refractivity contribution in [2.75, 3.05) is 6.54 Å². The van der Waals surface area contributed by atoms with Crippen molar-refractivity contribution in [1.82, 2.24) is 4.98 Å². The number of aryl methyl sites for hydroxylation is 1. The van der Waals surface area contributed by atoms with E-state index in [1.807, 2.05) is 6.07 Å². The lowest BCUT2D eigenvalue weighted by molar-refractivity contribution is 0.748. The number of hydrogen-bond donors (Lipinski definition) is 2. The van der Waals surface area contributed by atoms with Crippen molar-refractivity contribution in [3.63, 3.8) is 0 Å². The van der Waals surface area contributed by atoms with Gasteiger partial charge in [0.15, 0.2) is 0 Å². The molecule has 0 aliphatic rings. The van der Waals surface area contributed by atoms with Gasteiger partial charge in [-0.1, -0.05) is 50.1 Å². The van der Waals surface area contributed by atoms with Crippen LogP contribution in [0.25, 0.3) is 22.2 Å². The highest BCUT2D eigenvalue weighted by atomic mass is 79.9. The molecule has 0 aliphatic carbocycles. The van der Waals surface area contributed by atoms with Crippen molar-refractivity contribution < 1.29 is 0 Å². The van der Waals surface area contributed by atoms with E-state index >= 15 is 0 Å². The Labute approximate surface area is 147 Å². The monoisotopic (exact) mass is 420 g/mol. The van der Waals surface area contributed by atoms with Gasteiger partial charge in [-0.3, -0.25) is 0 Å². The number of halogens is 2. The van der Waals surface area contributed by atoms with Crippen LogP contribution in [0.1, 0.15) is 18.4 Å². The zero-order chi connectivity index (χ0) is 15.5. The number of H-pyrrole nitrogens is 1. The molecule has 4 heteroatoms. The highest BCUT2D eigenvalue weighted by Crippen LogP contribution is 2.36. The third kappa shape index (κ3) is 3.14. The molecule has 0 bridgehead atoms.